The fourth-order valence-electron chi connectivity index (χ4n) is 3.85. The number of carbonyl (C=O) groups is 1. The van der Waals surface area contributed by atoms with E-state index in [2.05, 4.69) is 28.9 Å². The Kier molecular flexibility index (Phi) is 5.32. The summed E-state index contributed by atoms with van der Waals surface area (Å²) in [4.78, 5) is 22.2. The Bertz CT molecular complexity index is 1020. The van der Waals surface area contributed by atoms with Crippen LogP contribution < -0.4 is 0 Å². The van der Waals surface area contributed by atoms with E-state index < -0.39 is 0 Å². The second-order valence-electron chi connectivity index (χ2n) is 8.00. The lowest BCUT2D eigenvalue weighted by Crippen LogP contribution is -2.49. The van der Waals surface area contributed by atoms with Crippen LogP contribution in [-0.2, 0) is 0 Å². The number of carbonyl (C=O) groups excluding carboxylic acids is 1. The van der Waals surface area contributed by atoms with E-state index in [4.69, 9.17) is 4.52 Å². The molecule has 1 amide bonds. The Hall–Kier alpha value is -2.80. The van der Waals surface area contributed by atoms with Crippen molar-refractivity contribution >= 4 is 17.0 Å². The van der Waals surface area contributed by atoms with E-state index in [0.29, 0.717) is 47.1 Å². The molecule has 0 bridgehead atoms. The fraction of sp³-hybridized carbons (Fsp3) is 0.409. The highest BCUT2D eigenvalue weighted by Gasteiger charge is 2.26. The number of nitrogens with zero attached hydrogens (tertiary/aromatic N) is 4. The van der Waals surface area contributed by atoms with Crippen LogP contribution in [0.15, 0.2) is 34.9 Å². The number of amides is 1. The van der Waals surface area contributed by atoms with Gasteiger partial charge in [-0.15, -0.1) is 0 Å². The summed E-state index contributed by atoms with van der Waals surface area (Å²) in [6.45, 7) is 10.4. The normalized spacial score (nSPS) is 15.4. The lowest BCUT2D eigenvalue weighted by Gasteiger charge is -2.35. The molecule has 1 saturated heterocycles. The molecule has 0 atom stereocenters. The number of pyridine rings is 1. The van der Waals surface area contributed by atoms with Crippen LogP contribution in [0.3, 0.4) is 0 Å². The van der Waals surface area contributed by atoms with Crippen LogP contribution >= 0.6 is 0 Å². The van der Waals surface area contributed by atoms with Crippen molar-refractivity contribution in [2.75, 3.05) is 32.7 Å². The van der Waals surface area contributed by atoms with Crippen LogP contribution in [0, 0.1) is 18.7 Å². The van der Waals surface area contributed by atoms with E-state index >= 15 is 0 Å². The Labute approximate surface area is 169 Å². The third-order valence-corrected chi connectivity index (χ3v) is 5.27. The molecule has 0 saturated carbocycles. The smallest absolute Gasteiger partial charge is 0.259 e. The van der Waals surface area contributed by atoms with Crippen molar-refractivity contribution in [3.8, 4) is 11.3 Å². The maximum absolute atomic E-state index is 13.4. The van der Waals surface area contributed by atoms with Gasteiger partial charge >= 0.3 is 0 Å². The predicted molar refractivity (Wildman–Crippen MR) is 109 cm³/mol. The molecule has 4 rings (SSSR count). The van der Waals surface area contributed by atoms with Crippen LogP contribution in [0.4, 0.5) is 4.39 Å². The Morgan fingerprint density at radius 2 is 1.86 bits per heavy atom. The van der Waals surface area contributed by atoms with Crippen LogP contribution in [0.5, 0.6) is 0 Å². The monoisotopic (exact) mass is 396 g/mol. The molecule has 0 N–H and O–H groups in total. The van der Waals surface area contributed by atoms with Crippen molar-refractivity contribution in [3.05, 3.63) is 47.4 Å². The summed E-state index contributed by atoms with van der Waals surface area (Å²) in [6, 6.07) is 7.81. The standard InChI is InChI=1S/C22H25FN4O2/c1-14(2)13-26-8-10-27(11-9-26)22(28)18-12-19(16-4-6-17(23)7-5-16)24-21-20(18)15(3)25-29-21/h4-7,12,14H,8-11,13H2,1-3H3. The van der Waals surface area contributed by atoms with Gasteiger partial charge < -0.3 is 9.42 Å². The minimum absolute atomic E-state index is 0.0451. The number of hydrogen-bond donors (Lipinski definition) is 0. The van der Waals surface area contributed by atoms with Crippen molar-refractivity contribution in [2.24, 2.45) is 5.92 Å². The van der Waals surface area contributed by atoms with Gasteiger partial charge in [0.25, 0.3) is 11.6 Å². The Morgan fingerprint density at radius 3 is 2.52 bits per heavy atom. The fourth-order valence-corrected chi connectivity index (χ4v) is 3.85. The van der Waals surface area contributed by atoms with Crippen LogP contribution in [0.25, 0.3) is 22.4 Å². The van der Waals surface area contributed by atoms with Crippen LogP contribution in [-0.4, -0.2) is 58.6 Å². The SMILES string of the molecule is Cc1noc2nc(-c3ccc(F)cc3)cc(C(=O)N3CCN(CC(C)C)CC3)c12. The topological polar surface area (TPSA) is 62.5 Å². The number of rotatable bonds is 4. The lowest BCUT2D eigenvalue weighted by atomic mass is 10.0. The third-order valence-electron chi connectivity index (χ3n) is 5.27. The first-order valence-corrected chi connectivity index (χ1v) is 9.97. The van der Waals surface area contributed by atoms with Crippen molar-refractivity contribution in [2.45, 2.75) is 20.8 Å². The molecule has 29 heavy (non-hydrogen) atoms. The van der Waals surface area contributed by atoms with Gasteiger partial charge in [-0.2, -0.15) is 0 Å². The number of hydrogen-bond acceptors (Lipinski definition) is 5. The highest BCUT2D eigenvalue weighted by molar-refractivity contribution is 6.07. The van der Waals surface area contributed by atoms with Crippen molar-refractivity contribution < 1.29 is 13.7 Å². The molecular weight excluding hydrogens is 371 g/mol. The molecule has 7 heteroatoms. The summed E-state index contributed by atoms with van der Waals surface area (Å²) < 4.78 is 18.7. The van der Waals surface area contributed by atoms with Gasteiger partial charge in [-0.25, -0.2) is 9.37 Å². The third kappa shape index (κ3) is 4.00. The molecule has 1 aliphatic rings. The molecular formula is C22H25FN4O2. The number of benzene rings is 1. The average molecular weight is 396 g/mol. The molecule has 6 nitrogen and oxygen atoms in total. The highest BCUT2D eigenvalue weighted by atomic mass is 19.1. The molecule has 1 fully saturated rings. The summed E-state index contributed by atoms with van der Waals surface area (Å²) in [7, 11) is 0. The largest absolute Gasteiger partial charge is 0.336 e. The summed E-state index contributed by atoms with van der Waals surface area (Å²) in [5.74, 6) is 0.243. The van der Waals surface area contributed by atoms with Gasteiger partial charge in [-0.3, -0.25) is 9.69 Å². The number of aryl methyl sites for hydroxylation is 1. The van der Waals surface area contributed by atoms with E-state index in [0.717, 1.165) is 25.2 Å². The van der Waals surface area contributed by atoms with Gasteiger partial charge in [0.2, 0.25) is 0 Å². The molecule has 0 spiro atoms. The average Bonchev–Trinajstić information content (AvgIpc) is 3.08. The van der Waals surface area contributed by atoms with Crippen molar-refractivity contribution in [1.82, 2.24) is 19.9 Å². The number of piperazine rings is 1. The first-order valence-electron chi connectivity index (χ1n) is 9.97. The summed E-state index contributed by atoms with van der Waals surface area (Å²) >= 11 is 0. The molecule has 1 aliphatic heterocycles. The zero-order valence-electron chi connectivity index (χ0n) is 17.0. The minimum atomic E-state index is -0.319. The quantitative estimate of drug-likeness (QED) is 0.672. The number of fused-ring (bicyclic) bond motifs is 1. The molecule has 3 aromatic rings. The van der Waals surface area contributed by atoms with Gasteiger partial charge in [-0.05, 0) is 43.2 Å². The second-order valence-corrected chi connectivity index (χ2v) is 8.00. The maximum Gasteiger partial charge on any atom is 0.259 e. The molecule has 2 aromatic heterocycles. The van der Waals surface area contributed by atoms with Crippen molar-refractivity contribution in [1.29, 1.82) is 0 Å². The number of aromatic nitrogens is 2. The van der Waals surface area contributed by atoms with Gasteiger partial charge in [-0.1, -0.05) is 19.0 Å². The number of halogens is 1. The first kappa shape index (κ1) is 19.5. The minimum Gasteiger partial charge on any atom is -0.336 e. The van der Waals surface area contributed by atoms with E-state index in [1.165, 1.54) is 12.1 Å². The predicted octanol–water partition coefficient (Wildman–Crippen LogP) is 3.75. The van der Waals surface area contributed by atoms with E-state index in [1.807, 2.05) is 11.8 Å². The zero-order valence-corrected chi connectivity index (χ0v) is 17.0. The molecule has 152 valence electrons. The molecule has 1 aromatic carbocycles. The van der Waals surface area contributed by atoms with E-state index in [-0.39, 0.29) is 11.7 Å². The molecule has 0 aliphatic carbocycles. The Balaban J connectivity index is 1.66. The summed E-state index contributed by atoms with van der Waals surface area (Å²) in [5.41, 5.74) is 2.78. The van der Waals surface area contributed by atoms with Crippen LogP contribution in [0.1, 0.15) is 29.9 Å². The van der Waals surface area contributed by atoms with Crippen LogP contribution in [0.2, 0.25) is 0 Å². The summed E-state index contributed by atoms with van der Waals surface area (Å²) in [6.07, 6.45) is 0. The van der Waals surface area contributed by atoms with Gasteiger partial charge in [0, 0.05) is 38.3 Å². The van der Waals surface area contributed by atoms with Gasteiger partial charge in [0.05, 0.1) is 22.3 Å². The maximum atomic E-state index is 13.4. The summed E-state index contributed by atoms with van der Waals surface area (Å²) in [5, 5.41) is 4.65. The molecule has 0 radical (unpaired) electrons. The van der Waals surface area contributed by atoms with Crippen molar-refractivity contribution in [3.63, 3.8) is 0 Å². The molecule has 3 heterocycles. The van der Waals surface area contributed by atoms with E-state index in [1.54, 1.807) is 18.2 Å². The second kappa shape index (κ2) is 7.91. The van der Waals surface area contributed by atoms with Gasteiger partial charge in [0.1, 0.15) is 5.82 Å². The highest BCUT2D eigenvalue weighted by Crippen LogP contribution is 2.28. The van der Waals surface area contributed by atoms with E-state index in [9.17, 15) is 9.18 Å². The molecule has 0 unspecified atom stereocenters. The van der Waals surface area contributed by atoms with Gasteiger partial charge in [0.15, 0.2) is 0 Å². The zero-order chi connectivity index (χ0) is 20.5. The Morgan fingerprint density at radius 1 is 1.17 bits per heavy atom. The first-order chi connectivity index (χ1) is 13.9. The lowest BCUT2D eigenvalue weighted by molar-refractivity contribution is 0.0625.